The number of hydrogen-bond acceptors (Lipinski definition) is 1. The summed E-state index contributed by atoms with van der Waals surface area (Å²) >= 11 is 0. The summed E-state index contributed by atoms with van der Waals surface area (Å²) in [6.45, 7) is 2.84. The molecule has 0 saturated carbocycles. The second-order valence-electron chi connectivity index (χ2n) is 3.37. The van der Waals surface area contributed by atoms with Crippen molar-refractivity contribution in [3.8, 4) is 0 Å². The van der Waals surface area contributed by atoms with E-state index in [2.05, 4.69) is 0 Å². The lowest BCUT2D eigenvalue weighted by Gasteiger charge is -2.18. The summed E-state index contributed by atoms with van der Waals surface area (Å²) in [6, 6.07) is 4.31. The normalized spacial score (nSPS) is 15.5. The Labute approximate surface area is 76.6 Å². The number of benzene rings is 1. The van der Waals surface area contributed by atoms with Crippen LogP contribution >= 0.6 is 0 Å². The van der Waals surface area contributed by atoms with E-state index >= 15 is 0 Å². The highest BCUT2D eigenvalue weighted by Gasteiger charge is 2.24. The SMILES string of the molecule is Cc1ccc(C(C)(F)CN)cc1F. The zero-order valence-corrected chi connectivity index (χ0v) is 7.77. The molecule has 0 radical (unpaired) electrons. The molecule has 1 atom stereocenters. The van der Waals surface area contributed by atoms with Gasteiger partial charge in [-0.3, -0.25) is 0 Å². The molecule has 3 heteroatoms. The van der Waals surface area contributed by atoms with Crippen LogP contribution in [0.2, 0.25) is 0 Å². The third-order valence-electron chi connectivity index (χ3n) is 2.16. The first-order valence-corrected chi connectivity index (χ1v) is 4.13. The van der Waals surface area contributed by atoms with Crippen LogP contribution < -0.4 is 5.73 Å². The molecule has 13 heavy (non-hydrogen) atoms. The number of hydrogen-bond donors (Lipinski definition) is 1. The minimum absolute atomic E-state index is 0.143. The van der Waals surface area contributed by atoms with Gasteiger partial charge >= 0.3 is 0 Å². The van der Waals surface area contributed by atoms with Gasteiger partial charge in [0.15, 0.2) is 0 Å². The molecule has 0 aliphatic rings. The Hall–Kier alpha value is -0.960. The van der Waals surface area contributed by atoms with E-state index in [-0.39, 0.29) is 12.1 Å². The van der Waals surface area contributed by atoms with Crippen LogP contribution in [0, 0.1) is 12.7 Å². The van der Waals surface area contributed by atoms with Gasteiger partial charge in [-0.25, -0.2) is 8.78 Å². The molecule has 0 bridgehead atoms. The quantitative estimate of drug-likeness (QED) is 0.751. The molecule has 0 saturated heterocycles. The van der Waals surface area contributed by atoms with E-state index in [1.807, 2.05) is 0 Å². The van der Waals surface area contributed by atoms with Crippen LogP contribution in [0.5, 0.6) is 0 Å². The number of aryl methyl sites for hydroxylation is 1. The summed E-state index contributed by atoms with van der Waals surface area (Å²) in [6.07, 6.45) is 0. The van der Waals surface area contributed by atoms with Crippen LogP contribution in [0.25, 0.3) is 0 Å². The molecule has 0 amide bonds. The van der Waals surface area contributed by atoms with Crippen molar-refractivity contribution in [1.29, 1.82) is 0 Å². The van der Waals surface area contributed by atoms with E-state index < -0.39 is 11.5 Å². The summed E-state index contributed by atoms with van der Waals surface area (Å²) in [5, 5.41) is 0. The lowest BCUT2D eigenvalue weighted by Crippen LogP contribution is -2.26. The second kappa shape index (κ2) is 3.42. The number of alkyl halides is 1. The van der Waals surface area contributed by atoms with Gasteiger partial charge in [-0.05, 0) is 31.0 Å². The predicted molar refractivity (Wildman–Crippen MR) is 48.7 cm³/mol. The fourth-order valence-corrected chi connectivity index (χ4v) is 1.03. The molecule has 0 aliphatic heterocycles. The number of rotatable bonds is 2. The molecule has 0 aliphatic carbocycles. The standard InChI is InChI=1S/C10H13F2N/c1-7-3-4-8(5-9(7)11)10(2,12)6-13/h3-5H,6,13H2,1-2H3. The maximum absolute atomic E-state index is 13.6. The maximum Gasteiger partial charge on any atom is 0.145 e. The maximum atomic E-state index is 13.6. The molecule has 1 aromatic rings. The van der Waals surface area contributed by atoms with E-state index in [0.29, 0.717) is 5.56 Å². The van der Waals surface area contributed by atoms with Crippen LogP contribution in [0.1, 0.15) is 18.1 Å². The average Bonchev–Trinajstić information content (AvgIpc) is 2.09. The number of nitrogens with two attached hydrogens (primary N) is 1. The van der Waals surface area contributed by atoms with Crippen LogP contribution in [-0.4, -0.2) is 6.54 Å². The fourth-order valence-electron chi connectivity index (χ4n) is 1.03. The van der Waals surface area contributed by atoms with E-state index in [0.717, 1.165) is 0 Å². The summed E-state index contributed by atoms with van der Waals surface area (Å²) in [5.41, 5.74) is 4.39. The molecular weight excluding hydrogens is 172 g/mol. The molecule has 1 unspecified atom stereocenters. The van der Waals surface area contributed by atoms with Crippen LogP contribution in [0.15, 0.2) is 18.2 Å². The zero-order chi connectivity index (χ0) is 10.1. The van der Waals surface area contributed by atoms with Crippen molar-refractivity contribution in [3.63, 3.8) is 0 Å². The lowest BCUT2D eigenvalue weighted by molar-refractivity contribution is 0.203. The third-order valence-corrected chi connectivity index (χ3v) is 2.16. The Kier molecular flexibility index (Phi) is 2.66. The molecule has 0 spiro atoms. The van der Waals surface area contributed by atoms with E-state index in [1.165, 1.54) is 13.0 Å². The lowest BCUT2D eigenvalue weighted by atomic mass is 9.97. The van der Waals surface area contributed by atoms with Gasteiger partial charge in [0.1, 0.15) is 11.5 Å². The van der Waals surface area contributed by atoms with Crippen LogP contribution in [0.3, 0.4) is 0 Å². The fraction of sp³-hybridized carbons (Fsp3) is 0.400. The molecule has 1 aromatic carbocycles. The molecule has 0 aromatic heterocycles. The molecule has 1 rings (SSSR count). The molecule has 0 heterocycles. The highest BCUT2D eigenvalue weighted by atomic mass is 19.1. The Morgan fingerprint density at radius 1 is 1.46 bits per heavy atom. The van der Waals surface area contributed by atoms with Crippen molar-refractivity contribution in [2.24, 2.45) is 5.73 Å². The highest BCUT2D eigenvalue weighted by Crippen LogP contribution is 2.25. The van der Waals surface area contributed by atoms with Gasteiger partial charge in [0.2, 0.25) is 0 Å². The van der Waals surface area contributed by atoms with Crippen molar-refractivity contribution < 1.29 is 8.78 Å². The smallest absolute Gasteiger partial charge is 0.145 e. The molecule has 72 valence electrons. The summed E-state index contributed by atoms with van der Waals surface area (Å²) < 4.78 is 26.6. The molecule has 1 nitrogen and oxygen atoms in total. The Balaban J connectivity index is 3.10. The van der Waals surface area contributed by atoms with Gasteiger partial charge in [0.25, 0.3) is 0 Å². The van der Waals surface area contributed by atoms with E-state index in [4.69, 9.17) is 5.73 Å². The zero-order valence-electron chi connectivity index (χ0n) is 7.77. The first-order chi connectivity index (χ1) is 5.97. The summed E-state index contributed by atoms with van der Waals surface area (Å²) in [5.74, 6) is -0.394. The highest BCUT2D eigenvalue weighted by molar-refractivity contribution is 5.27. The molecule has 0 fully saturated rings. The van der Waals surface area contributed by atoms with Crippen molar-refractivity contribution >= 4 is 0 Å². The van der Waals surface area contributed by atoms with Gasteiger partial charge in [0, 0.05) is 6.54 Å². The van der Waals surface area contributed by atoms with Gasteiger partial charge in [0.05, 0.1) is 0 Å². The minimum atomic E-state index is -1.64. The van der Waals surface area contributed by atoms with Crippen LogP contribution in [-0.2, 0) is 5.67 Å². The summed E-state index contributed by atoms with van der Waals surface area (Å²) in [7, 11) is 0. The first-order valence-electron chi connectivity index (χ1n) is 4.13. The van der Waals surface area contributed by atoms with Gasteiger partial charge in [-0.1, -0.05) is 12.1 Å². The topological polar surface area (TPSA) is 26.0 Å². The average molecular weight is 185 g/mol. The number of halogens is 2. The monoisotopic (exact) mass is 185 g/mol. The van der Waals surface area contributed by atoms with Gasteiger partial charge in [-0.15, -0.1) is 0 Å². The predicted octanol–water partition coefficient (Wildman–Crippen LogP) is 2.28. The molecule has 2 N–H and O–H groups in total. The van der Waals surface area contributed by atoms with Crippen molar-refractivity contribution in [2.45, 2.75) is 19.5 Å². The van der Waals surface area contributed by atoms with Crippen molar-refractivity contribution in [1.82, 2.24) is 0 Å². The minimum Gasteiger partial charge on any atom is -0.327 e. The van der Waals surface area contributed by atoms with E-state index in [9.17, 15) is 8.78 Å². The molecular formula is C10H13F2N. The van der Waals surface area contributed by atoms with E-state index in [1.54, 1.807) is 19.1 Å². The third kappa shape index (κ3) is 2.04. The first kappa shape index (κ1) is 10.1. The second-order valence-corrected chi connectivity index (χ2v) is 3.37. The van der Waals surface area contributed by atoms with Crippen molar-refractivity contribution in [2.75, 3.05) is 6.54 Å². The largest absolute Gasteiger partial charge is 0.327 e. The Morgan fingerprint density at radius 3 is 2.54 bits per heavy atom. The summed E-state index contributed by atoms with van der Waals surface area (Å²) in [4.78, 5) is 0. The van der Waals surface area contributed by atoms with Gasteiger partial charge < -0.3 is 5.73 Å². The van der Waals surface area contributed by atoms with Crippen LogP contribution in [0.4, 0.5) is 8.78 Å². The van der Waals surface area contributed by atoms with Gasteiger partial charge in [-0.2, -0.15) is 0 Å². The van der Waals surface area contributed by atoms with Crippen molar-refractivity contribution in [3.05, 3.63) is 35.1 Å². The Morgan fingerprint density at radius 2 is 2.08 bits per heavy atom. The Bertz CT molecular complexity index is 308.